The number of carbonyl (C=O) groups is 1. The number of hydrogen-bond acceptors (Lipinski definition) is 4. The van der Waals surface area contributed by atoms with E-state index in [0.29, 0.717) is 0 Å². The number of amides is 1. The van der Waals surface area contributed by atoms with Crippen LogP contribution in [0.25, 0.3) is 0 Å². The smallest absolute Gasteiger partial charge is 0.222 e. The first-order valence-corrected chi connectivity index (χ1v) is 8.46. The monoisotopic (exact) mass is 334 g/mol. The van der Waals surface area contributed by atoms with Gasteiger partial charge in [-0.15, -0.1) is 12.4 Å². The number of sulfone groups is 1. The highest BCUT2D eigenvalue weighted by Crippen LogP contribution is 2.13. The van der Waals surface area contributed by atoms with Crippen LogP contribution in [0, 0.1) is 0 Å². The lowest BCUT2D eigenvalue weighted by atomic mass is 10.0. The van der Waals surface area contributed by atoms with Crippen molar-refractivity contribution in [2.45, 2.75) is 32.4 Å². The summed E-state index contributed by atoms with van der Waals surface area (Å²) in [5.74, 6) is -0.202. The minimum absolute atomic E-state index is 0. The highest BCUT2D eigenvalue weighted by Gasteiger charge is 2.17. The van der Waals surface area contributed by atoms with Crippen molar-refractivity contribution in [2.75, 3.05) is 11.5 Å². The Morgan fingerprint density at radius 2 is 1.86 bits per heavy atom. The number of hydrogen-bond donors (Lipinski definition) is 2. The molecule has 3 N–H and O–H groups in total. The van der Waals surface area contributed by atoms with E-state index in [9.17, 15) is 13.2 Å². The number of carbonyl (C=O) groups excluding carboxylic acids is 1. The van der Waals surface area contributed by atoms with Gasteiger partial charge in [0.25, 0.3) is 0 Å². The van der Waals surface area contributed by atoms with E-state index in [-0.39, 0.29) is 42.3 Å². The van der Waals surface area contributed by atoms with Crippen LogP contribution in [0.3, 0.4) is 0 Å². The second kappa shape index (κ2) is 9.02. The van der Waals surface area contributed by atoms with Crippen molar-refractivity contribution in [2.24, 2.45) is 5.73 Å². The lowest BCUT2D eigenvalue weighted by molar-refractivity contribution is -0.121. The second-order valence-corrected chi connectivity index (χ2v) is 7.29. The predicted octanol–water partition coefficient (Wildman–Crippen LogP) is 1.44. The van der Waals surface area contributed by atoms with E-state index in [1.807, 2.05) is 30.3 Å². The average Bonchev–Trinajstić information content (AvgIpc) is 2.38. The number of rotatable bonds is 7. The second-order valence-electron chi connectivity index (χ2n) is 4.89. The third kappa shape index (κ3) is 7.45. The first-order chi connectivity index (χ1) is 9.34. The molecule has 0 heterocycles. The Bertz CT molecular complexity index is 534. The van der Waals surface area contributed by atoms with Crippen molar-refractivity contribution in [3.63, 3.8) is 0 Å². The molecule has 0 fully saturated rings. The number of benzene rings is 1. The predicted molar refractivity (Wildman–Crippen MR) is 87.2 cm³/mol. The minimum Gasteiger partial charge on any atom is -0.353 e. The third-order valence-electron chi connectivity index (χ3n) is 2.98. The van der Waals surface area contributed by atoms with Gasteiger partial charge in [-0.1, -0.05) is 37.3 Å². The zero-order chi connectivity index (χ0) is 15.2. The van der Waals surface area contributed by atoms with E-state index in [1.54, 1.807) is 13.8 Å². The molecule has 0 aromatic heterocycles. The van der Waals surface area contributed by atoms with Gasteiger partial charge in [0.15, 0.2) is 9.84 Å². The fraction of sp³-hybridized carbons (Fsp3) is 0.500. The fourth-order valence-electron chi connectivity index (χ4n) is 1.89. The summed E-state index contributed by atoms with van der Waals surface area (Å²) in [5, 5.41) is 2.67. The largest absolute Gasteiger partial charge is 0.353 e. The molecular formula is C14H23ClN2O3S. The highest BCUT2D eigenvalue weighted by atomic mass is 35.5. The maximum absolute atomic E-state index is 11.8. The maximum Gasteiger partial charge on any atom is 0.222 e. The quantitative estimate of drug-likeness (QED) is 0.789. The molecular weight excluding hydrogens is 312 g/mol. The lowest BCUT2D eigenvalue weighted by Crippen LogP contribution is -2.39. The molecule has 0 spiro atoms. The first kappa shape index (κ1) is 19.9. The van der Waals surface area contributed by atoms with Gasteiger partial charge in [0, 0.05) is 24.3 Å². The molecule has 0 aliphatic heterocycles. The van der Waals surface area contributed by atoms with Crippen molar-refractivity contribution in [1.82, 2.24) is 5.32 Å². The zero-order valence-electron chi connectivity index (χ0n) is 12.3. The van der Waals surface area contributed by atoms with Crippen LogP contribution >= 0.6 is 12.4 Å². The summed E-state index contributed by atoms with van der Waals surface area (Å²) in [5.41, 5.74) is 6.83. The molecule has 0 saturated carbocycles. The summed E-state index contributed by atoms with van der Waals surface area (Å²) in [4.78, 5) is 11.8. The average molecular weight is 335 g/mol. The molecule has 2 unspecified atom stereocenters. The van der Waals surface area contributed by atoms with Crippen LogP contribution in [0.1, 0.15) is 31.9 Å². The van der Waals surface area contributed by atoms with Crippen LogP contribution in [0.2, 0.25) is 0 Å². The van der Waals surface area contributed by atoms with Gasteiger partial charge < -0.3 is 11.1 Å². The lowest BCUT2D eigenvalue weighted by Gasteiger charge is -2.16. The molecule has 2 atom stereocenters. The molecule has 1 amide bonds. The van der Waals surface area contributed by atoms with E-state index in [4.69, 9.17) is 5.73 Å². The van der Waals surface area contributed by atoms with Gasteiger partial charge in [0.05, 0.1) is 5.75 Å². The van der Waals surface area contributed by atoms with Crippen LogP contribution in [0.5, 0.6) is 0 Å². The summed E-state index contributed by atoms with van der Waals surface area (Å²) in [6, 6.07) is 8.55. The van der Waals surface area contributed by atoms with Crippen molar-refractivity contribution < 1.29 is 13.2 Å². The standard InChI is InChI=1S/C14H22N2O3S.ClH/c1-3-20(18,19)10-11(2)16-14(17)9-13(15)12-7-5-4-6-8-12;/h4-8,11,13H,3,9-10,15H2,1-2H3,(H,16,17);1H. The van der Waals surface area contributed by atoms with Crippen LogP contribution in [-0.4, -0.2) is 31.9 Å². The Hall–Kier alpha value is -1.11. The van der Waals surface area contributed by atoms with Crippen molar-refractivity contribution >= 4 is 28.2 Å². The van der Waals surface area contributed by atoms with Crippen LogP contribution < -0.4 is 11.1 Å². The molecule has 21 heavy (non-hydrogen) atoms. The van der Waals surface area contributed by atoms with Crippen molar-refractivity contribution in [1.29, 1.82) is 0 Å². The molecule has 7 heteroatoms. The number of nitrogens with two attached hydrogens (primary N) is 1. The van der Waals surface area contributed by atoms with Gasteiger partial charge in [0.1, 0.15) is 0 Å². The van der Waals surface area contributed by atoms with Gasteiger partial charge in [0.2, 0.25) is 5.91 Å². The van der Waals surface area contributed by atoms with E-state index < -0.39 is 15.9 Å². The normalized spacial score (nSPS) is 13.9. The maximum atomic E-state index is 11.8. The van der Waals surface area contributed by atoms with Gasteiger partial charge >= 0.3 is 0 Å². The van der Waals surface area contributed by atoms with E-state index in [1.165, 1.54) is 0 Å². The van der Waals surface area contributed by atoms with Crippen molar-refractivity contribution in [3.8, 4) is 0 Å². The Labute approximate surface area is 132 Å². The fourth-order valence-corrected chi connectivity index (χ4v) is 2.97. The van der Waals surface area contributed by atoms with E-state index in [0.717, 1.165) is 5.56 Å². The van der Waals surface area contributed by atoms with Gasteiger partial charge in [-0.2, -0.15) is 0 Å². The minimum atomic E-state index is -3.09. The van der Waals surface area contributed by atoms with Crippen LogP contribution in [-0.2, 0) is 14.6 Å². The molecule has 0 aliphatic carbocycles. The SMILES string of the molecule is CCS(=O)(=O)CC(C)NC(=O)CC(N)c1ccccc1.Cl. The Balaban J connectivity index is 0.00000400. The molecule has 1 aromatic carbocycles. The molecule has 1 aromatic rings. The van der Waals surface area contributed by atoms with Gasteiger partial charge in [-0.25, -0.2) is 8.42 Å². The van der Waals surface area contributed by atoms with Crippen LogP contribution in [0.4, 0.5) is 0 Å². The van der Waals surface area contributed by atoms with Gasteiger partial charge in [-0.05, 0) is 12.5 Å². The number of halogens is 1. The molecule has 0 saturated heterocycles. The Morgan fingerprint density at radius 1 is 1.29 bits per heavy atom. The summed E-state index contributed by atoms with van der Waals surface area (Å²) in [6.07, 6.45) is 0.139. The van der Waals surface area contributed by atoms with E-state index in [2.05, 4.69) is 5.32 Å². The Kier molecular flexibility index (Phi) is 8.54. The molecule has 0 aliphatic rings. The summed E-state index contributed by atoms with van der Waals surface area (Å²) < 4.78 is 22.9. The molecule has 1 rings (SSSR count). The Morgan fingerprint density at radius 3 is 2.38 bits per heavy atom. The topological polar surface area (TPSA) is 89.3 Å². The van der Waals surface area contributed by atoms with Crippen LogP contribution in [0.15, 0.2) is 30.3 Å². The molecule has 120 valence electrons. The highest BCUT2D eigenvalue weighted by molar-refractivity contribution is 7.91. The van der Waals surface area contributed by atoms with Gasteiger partial charge in [-0.3, -0.25) is 4.79 Å². The molecule has 0 radical (unpaired) electrons. The summed E-state index contributed by atoms with van der Waals surface area (Å²) in [7, 11) is -3.09. The molecule has 0 bridgehead atoms. The van der Waals surface area contributed by atoms with E-state index >= 15 is 0 Å². The first-order valence-electron chi connectivity index (χ1n) is 6.64. The van der Waals surface area contributed by atoms with Crippen molar-refractivity contribution in [3.05, 3.63) is 35.9 Å². The third-order valence-corrected chi connectivity index (χ3v) is 4.87. The zero-order valence-corrected chi connectivity index (χ0v) is 13.9. The summed E-state index contributed by atoms with van der Waals surface area (Å²) >= 11 is 0. The summed E-state index contributed by atoms with van der Waals surface area (Å²) in [6.45, 7) is 3.27. The number of nitrogens with one attached hydrogen (secondary N) is 1. The molecule has 5 nitrogen and oxygen atoms in total.